The number of nitrogens with zero attached hydrogens (tertiary/aromatic N) is 3. The third-order valence-electron chi connectivity index (χ3n) is 4.58. The molecule has 1 fully saturated rings. The van der Waals surface area contributed by atoms with Gasteiger partial charge in [0, 0.05) is 36.0 Å². The predicted molar refractivity (Wildman–Crippen MR) is 91.9 cm³/mol. The second kappa shape index (κ2) is 6.98. The molecule has 2 aromatic heterocycles. The van der Waals surface area contributed by atoms with Crippen LogP contribution in [-0.4, -0.2) is 39.5 Å². The number of nitrogens with one attached hydrogen (secondary N) is 2. The van der Waals surface area contributed by atoms with Crippen LogP contribution in [-0.2, 0) is 4.74 Å². The lowest BCUT2D eigenvalue weighted by Gasteiger charge is -2.31. The molecule has 3 heterocycles. The average molecular weight is 337 g/mol. The first-order chi connectivity index (χ1) is 12.3. The Balaban J connectivity index is 1.49. The maximum Gasteiger partial charge on any atom is 0.272 e. The monoisotopic (exact) mass is 337 g/mol. The van der Waals surface area contributed by atoms with Crippen molar-refractivity contribution >= 4 is 16.7 Å². The largest absolute Gasteiger partial charge is 0.372 e. The van der Waals surface area contributed by atoms with Crippen molar-refractivity contribution in [3.63, 3.8) is 0 Å². The Morgan fingerprint density at radius 3 is 3.12 bits per heavy atom. The molecule has 0 radical (unpaired) electrons. The number of carbonyl (C=O) groups is 1. The van der Waals surface area contributed by atoms with E-state index >= 15 is 0 Å². The molecule has 4 rings (SSSR count). The van der Waals surface area contributed by atoms with Crippen molar-refractivity contribution < 1.29 is 9.53 Å². The molecule has 1 aliphatic heterocycles. The predicted octanol–water partition coefficient (Wildman–Crippen LogP) is 2.25. The van der Waals surface area contributed by atoms with Gasteiger partial charge < -0.3 is 10.1 Å². The Labute approximate surface area is 144 Å². The normalized spacial score (nSPS) is 20.5. The summed E-state index contributed by atoms with van der Waals surface area (Å²) >= 11 is 0. The molecular formula is C18H19N5O2. The van der Waals surface area contributed by atoms with Crippen LogP contribution in [0.2, 0.25) is 0 Å². The summed E-state index contributed by atoms with van der Waals surface area (Å²) in [6.07, 6.45) is 5.28. The number of carbonyl (C=O) groups excluding carboxylic acids is 1. The third kappa shape index (κ3) is 3.23. The van der Waals surface area contributed by atoms with Crippen LogP contribution in [0.5, 0.6) is 0 Å². The number of amides is 1. The summed E-state index contributed by atoms with van der Waals surface area (Å²) < 4.78 is 5.89. The Hall–Kier alpha value is -2.80. The molecule has 7 nitrogen and oxygen atoms in total. The zero-order valence-electron chi connectivity index (χ0n) is 13.7. The number of hydrogen-bond donors (Lipinski definition) is 2. The molecule has 25 heavy (non-hydrogen) atoms. The molecule has 2 N–H and O–H groups in total. The molecule has 0 spiro atoms. The van der Waals surface area contributed by atoms with E-state index in [4.69, 9.17) is 4.74 Å². The maximum absolute atomic E-state index is 12.6. The quantitative estimate of drug-likeness (QED) is 0.762. The number of ether oxygens (including phenoxy) is 1. The maximum atomic E-state index is 12.6. The summed E-state index contributed by atoms with van der Waals surface area (Å²) in [5.74, 6) is -0.0145. The average Bonchev–Trinajstić information content (AvgIpc) is 3.20. The number of benzene rings is 1. The smallest absolute Gasteiger partial charge is 0.272 e. The highest BCUT2D eigenvalue weighted by Gasteiger charge is 2.29. The van der Waals surface area contributed by atoms with E-state index in [1.807, 2.05) is 30.3 Å². The van der Waals surface area contributed by atoms with Crippen LogP contribution in [0, 0.1) is 5.92 Å². The van der Waals surface area contributed by atoms with Crippen LogP contribution in [0.15, 0.2) is 42.7 Å². The molecule has 1 aliphatic rings. The number of aromatic amines is 1. The molecule has 0 unspecified atom stereocenters. The van der Waals surface area contributed by atoms with E-state index in [2.05, 4.69) is 25.7 Å². The minimum Gasteiger partial charge on any atom is -0.372 e. The molecular weight excluding hydrogens is 318 g/mol. The molecule has 1 amide bonds. The Morgan fingerprint density at radius 1 is 1.32 bits per heavy atom. The van der Waals surface area contributed by atoms with E-state index < -0.39 is 0 Å². The first-order valence-electron chi connectivity index (χ1n) is 8.42. The van der Waals surface area contributed by atoms with Gasteiger partial charge in [0.1, 0.15) is 6.10 Å². The highest BCUT2D eigenvalue weighted by Crippen LogP contribution is 2.32. The van der Waals surface area contributed by atoms with E-state index in [9.17, 15) is 4.79 Å². The van der Waals surface area contributed by atoms with E-state index in [1.54, 1.807) is 12.4 Å². The highest BCUT2D eigenvalue weighted by atomic mass is 16.5. The van der Waals surface area contributed by atoms with Crippen molar-refractivity contribution in [1.82, 2.24) is 25.7 Å². The minimum atomic E-state index is -0.210. The van der Waals surface area contributed by atoms with E-state index in [0.717, 1.165) is 35.9 Å². The van der Waals surface area contributed by atoms with Gasteiger partial charge in [0.2, 0.25) is 0 Å². The van der Waals surface area contributed by atoms with Gasteiger partial charge in [-0.3, -0.25) is 9.89 Å². The van der Waals surface area contributed by atoms with Crippen molar-refractivity contribution in [2.45, 2.75) is 18.9 Å². The van der Waals surface area contributed by atoms with Crippen molar-refractivity contribution in [2.24, 2.45) is 5.92 Å². The topological polar surface area (TPSA) is 92.8 Å². The van der Waals surface area contributed by atoms with Gasteiger partial charge in [0.15, 0.2) is 5.69 Å². The molecule has 128 valence electrons. The summed E-state index contributed by atoms with van der Waals surface area (Å²) in [7, 11) is 0. The van der Waals surface area contributed by atoms with Gasteiger partial charge in [-0.1, -0.05) is 24.3 Å². The van der Waals surface area contributed by atoms with Crippen LogP contribution in [0.3, 0.4) is 0 Å². The van der Waals surface area contributed by atoms with Gasteiger partial charge in [-0.15, -0.1) is 5.10 Å². The molecule has 0 bridgehead atoms. The standard InChI is InChI=1S/C18H19N5O2/c24-18(16-14-6-2-1-4-12(14)11-21-23-16)19-10-13-5-3-9-25-17(13)15-7-8-20-22-15/h1-2,4,6-8,11,13,17H,3,5,9-10H2,(H,19,24)(H,20,22)/t13-,17+/m0/s1. The van der Waals surface area contributed by atoms with Crippen molar-refractivity contribution in [1.29, 1.82) is 0 Å². The van der Waals surface area contributed by atoms with Gasteiger partial charge in [0.25, 0.3) is 5.91 Å². The summed E-state index contributed by atoms with van der Waals surface area (Å²) in [6, 6.07) is 9.53. The number of rotatable bonds is 4. The SMILES string of the molecule is O=C(NC[C@@H]1CCCO[C@H]1c1ccn[nH]1)c1nncc2ccccc12. The van der Waals surface area contributed by atoms with E-state index in [-0.39, 0.29) is 17.9 Å². The van der Waals surface area contributed by atoms with Crippen LogP contribution in [0.1, 0.15) is 35.1 Å². The lowest BCUT2D eigenvalue weighted by atomic mass is 9.92. The van der Waals surface area contributed by atoms with E-state index in [1.165, 1.54) is 0 Å². The summed E-state index contributed by atoms with van der Waals surface area (Å²) in [4.78, 5) is 12.6. The fourth-order valence-corrected chi connectivity index (χ4v) is 3.32. The molecule has 7 heteroatoms. The Morgan fingerprint density at radius 2 is 2.24 bits per heavy atom. The molecule has 2 atom stereocenters. The second-order valence-electron chi connectivity index (χ2n) is 6.20. The van der Waals surface area contributed by atoms with Gasteiger partial charge >= 0.3 is 0 Å². The molecule has 1 saturated heterocycles. The lowest BCUT2D eigenvalue weighted by molar-refractivity contribution is -0.0297. The fraction of sp³-hybridized carbons (Fsp3) is 0.333. The first kappa shape index (κ1) is 15.7. The highest BCUT2D eigenvalue weighted by molar-refractivity contribution is 6.04. The Kier molecular flexibility index (Phi) is 4.39. The molecule has 0 aliphatic carbocycles. The molecule has 1 aromatic carbocycles. The minimum absolute atomic E-state index is 0.0739. The Bertz CT molecular complexity index is 860. The summed E-state index contributed by atoms with van der Waals surface area (Å²) in [5.41, 5.74) is 1.30. The summed E-state index contributed by atoms with van der Waals surface area (Å²) in [6.45, 7) is 1.25. The zero-order valence-corrected chi connectivity index (χ0v) is 13.7. The first-order valence-corrected chi connectivity index (χ1v) is 8.42. The van der Waals surface area contributed by atoms with Crippen molar-refractivity contribution in [2.75, 3.05) is 13.2 Å². The van der Waals surface area contributed by atoms with Gasteiger partial charge in [-0.05, 0) is 18.9 Å². The van der Waals surface area contributed by atoms with Crippen molar-refractivity contribution in [3.8, 4) is 0 Å². The summed E-state index contributed by atoms with van der Waals surface area (Å²) in [5, 5.41) is 19.6. The number of fused-ring (bicyclic) bond motifs is 1. The zero-order chi connectivity index (χ0) is 17.1. The molecule has 3 aromatic rings. The number of aromatic nitrogens is 4. The van der Waals surface area contributed by atoms with Gasteiger partial charge in [0.05, 0.1) is 11.9 Å². The molecule has 0 saturated carbocycles. The number of hydrogen-bond acceptors (Lipinski definition) is 5. The van der Waals surface area contributed by atoms with E-state index in [0.29, 0.717) is 12.2 Å². The second-order valence-corrected chi connectivity index (χ2v) is 6.20. The van der Waals surface area contributed by atoms with Crippen LogP contribution < -0.4 is 5.32 Å². The lowest BCUT2D eigenvalue weighted by Crippen LogP contribution is -2.35. The van der Waals surface area contributed by atoms with Crippen molar-refractivity contribution in [3.05, 3.63) is 54.1 Å². The third-order valence-corrected chi connectivity index (χ3v) is 4.58. The van der Waals surface area contributed by atoms with Gasteiger partial charge in [-0.25, -0.2) is 0 Å². The van der Waals surface area contributed by atoms with Crippen LogP contribution in [0.4, 0.5) is 0 Å². The number of H-pyrrole nitrogens is 1. The van der Waals surface area contributed by atoms with Gasteiger partial charge in [-0.2, -0.15) is 10.2 Å². The van der Waals surface area contributed by atoms with Crippen LogP contribution in [0.25, 0.3) is 10.8 Å². The fourth-order valence-electron chi connectivity index (χ4n) is 3.32. The van der Waals surface area contributed by atoms with Crippen LogP contribution >= 0.6 is 0 Å².